The van der Waals surface area contributed by atoms with Crippen LogP contribution in [0.1, 0.15) is 51.7 Å². The van der Waals surface area contributed by atoms with Gasteiger partial charge in [-0.05, 0) is 49.3 Å². The molecule has 0 unspecified atom stereocenters. The summed E-state index contributed by atoms with van der Waals surface area (Å²) in [6, 6.07) is 15.8. The van der Waals surface area contributed by atoms with Crippen LogP contribution in [0.4, 0.5) is 0 Å². The van der Waals surface area contributed by atoms with Crippen LogP contribution < -0.4 is 10.9 Å². The molecular weight excluding hydrogens is 601 g/mol. The van der Waals surface area contributed by atoms with Crippen molar-refractivity contribution in [3.8, 4) is 0 Å². The number of carbonyl (C=O) groups is 2. The van der Waals surface area contributed by atoms with Gasteiger partial charge in [0, 0.05) is 31.1 Å². The van der Waals surface area contributed by atoms with E-state index in [1.807, 2.05) is 80.1 Å². The third-order valence-corrected chi connectivity index (χ3v) is 8.73. The molecule has 244 valence electrons. The first kappa shape index (κ1) is 37.4. The summed E-state index contributed by atoms with van der Waals surface area (Å²) in [6.07, 6.45) is 4.76. The largest absolute Gasteiger partial charge is 0.294 e. The molecule has 1 fully saturated rings. The molecule has 2 aromatic carbocycles. The van der Waals surface area contributed by atoms with Crippen LogP contribution in [0.25, 0.3) is 6.08 Å². The maximum absolute atomic E-state index is 13.5. The number of nitrogens with one attached hydrogen (secondary N) is 2. The summed E-state index contributed by atoms with van der Waals surface area (Å²) in [7, 11) is -4.02. The first-order chi connectivity index (χ1) is 20.8. The predicted molar refractivity (Wildman–Crippen MR) is 176 cm³/mol. The third-order valence-electron chi connectivity index (χ3n) is 6.92. The van der Waals surface area contributed by atoms with E-state index in [1.165, 1.54) is 12.1 Å². The number of nitrogens with zero attached hydrogens (tertiary/aromatic N) is 2. The van der Waals surface area contributed by atoms with Gasteiger partial charge in [-0.1, -0.05) is 87.9 Å². The van der Waals surface area contributed by atoms with Gasteiger partial charge in [0.2, 0.25) is 11.8 Å². The zero-order chi connectivity index (χ0) is 32.7. The molecule has 1 aliphatic heterocycles. The van der Waals surface area contributed by atoms with E-state index in [9.17, 15) is 23.2 Å². The van der Waals surface area contributed by atoms with E-state index in [4.69, 9.17) is 4.55 Å². The molecule has 2 aromatic rings. The minimum absolute atomic E-state index is 0.0666. The Labute approximate surface area is 266 Å². The monoisotopic (exact) mass is 648 g/mol. The second-order valence-corrected chi connectivity index (χ2v) is 14.3. The number of thioether (sulfide) groups is 1. The van der Waals surface area contributed by atoms with Crippen molar-refractivity contribution in [3.63, 3.8) is 0 Å². The predicted octanol–water partition coefficient (Wildman–Crippen LogP) is 5.07. The number of rotatable bonds is 13. The molecule has 4 N–H and O–H groups in total. The average molecular weight is 649 g/mol. The lowest BCUT2D eigenvalue weighted by atomic mass is 9.82. The second-order valence-electron chi connectivity index (χ2n) is 11.7. The molecule has 0 aromatic heterocycles. The molecule has 44 heavy (non-hydrogen) atoms. The van der Waals surface area contributed by atoms with Crippen LogP contribution in [-0.4, -0.2) is 71.3 Å². The highest BCUT2D eigenvalue weighted by Crippen LogP contribution is 2.26. The number of hydrogen-bond donors (Lipinski definition) is 4. The Balaban J connectivity index is 0.000000514. The van der Waals surface area contributed by atoms with Gasteiger partial charge in [-0.25, -0.2) is 10.5 Å². The normalized spacial score (nSPS) is 15.6. The third kappa shape index (κ3) is 13.5. The van der Waals surface area contributed by atoms with Crippen molar-refractivity contribution >= 4 is 39.8 Å². The Hall–Kier alpha value is -2.74. The van der Waals surface area contributed by atoms with E-state index in [0.29, 0.717) is 25.3 Å². The van der Waals surface area contributed by atoms with Crippen molar-refractivity contribution in [2.24, 2.45) is 23.7 Å². The summed E-state index contributed by atoms with van der Waals surface area (Å²) in [5.41, 5.74) is 6.89. The lowest BCUT2D eigenvalue weighted by molar-refractivity contribution is -0.150. The molecule has 1 heterocycles. The number of hydrogen-bond acceptors (Lipinski definition) is 8. The zero-order valence-corrected chi connectivity index (χ0v) is 28.0. The van der Waals surface area contributed by atoms with Gasteiger partial charge >= 0.3 is 0 Å². The van der Waals surface area contributed by atoms with Gasteiger partial charge in [0.1, 0.15) is 0 Å². The smallest absolute Gasteiger partial charge is 0.289 e. The summed E-state index contributed by atoms with van der Waals surface area (Å²) < 4.78 is 29.6. The topological polar surface area (TPSA) is 139 Å². The van der Waals surface area contributed by atoms with Crippen LogP contribution >= 0.6 is 11.8 Å². The summed E-state index contributed by atoms with van der Waals surface area (Å²) in [5, 5.41) is 13.5. The molecule has 0 saturated carbocycles. The lowest BCUT2D eigenvalue weighted by Gasteiger charge is -2.39. The Morgan fingerprint density at radius 1 is 0.955 bits per heavy atom. The van der Waals surface area contributed by atoms with Crippen molar-refractivity contribution in [2.75, 3.05) is 31.1 Å². The number of hydrazine groups is 2. The Morgan fingerprint density at radius 3 is 2.09 bits per heavy atom. The van der Waals surface area contributed by atoms with Crippen molar-refractivity contribution in [1.29, 1.82) is 0 Å². The van der Waals surface area contributed by atoms with Gasteiger partial charge in [0.15, 0.2) is 0 Å². The van der Waals surface area contributed by atoms with E-state index >= 15 is 0 Å². The van der Waals surface area contributed by atoms with Crippen molar-refractivity contribution in [3.05, 3.63) is 71.8 Å². The Bertz CT molecular complexity index is 1280. The number of aryl methyl sites for hydroxylation is 1. The summed E-state index contributed by atoms with van der Waals surface area (Å²) in [4.78, 5) is 26.1. The van der Waals surface area contributed by atoms with E-state index in [1.54, 1.807) is 17.6 Å². The van der Waals surface area contributed by atoms with Crippen LogP contribution in [0.2, 0.25) is 0 Å². The maximum atomic E-state index is 13.5. The zero-order valence-electron chi connectivity index (χ0n) is 26.3. The molecule has 0 spiro atoms. The second kappa shape index (κ2) is 18.9. The molecule has 0 radical (unpaired) electrons. The van der Waals surface area contributed by atoms with E-state index in [-0.39, 0.29) is 16.7 Å². The highest BCUT2D eigenvalue weighted by atomic mass is 32.2. The van der Waals surface area contributed by atoms with Crippen LogP contribution in [0.15, 0.2) is 65.6 Å². The fourth-order valence-corrected chi connectivity index (χ4v) is 6.07. The number of hydroxylamine groups is 1. The molecule has 1 saturated heterocycles. The minimum atomic E-state index is -4.02. The molecule has 0 bridgehead atoms. The number of allylic oxidation sites excluding steroid dienone is 1. The lowest BCUT2D eigenvalue weighted by Crippen LogP contribution is -2.58. The Morgan fingerprint density at radius 2 is 1.57 bits per heavy atom. The van der Waals surface area contributed by atoms with Gasteiger partial charge < -0.3 is 0 Å². The number of carbonyl (C=O) groups excluding carboxylic acids is 2. The number of benzene rings is 2. The molecule has 12 heteroatoms. The molecule has 10 nitrogen and oxygen atoms in total. The summed E-state index contributed by atoms with van der Waals surface area (Å²) >= 11 is 1.92. The van der Waals surface area contributed by atoms with Crippen molar-refractivity contribution in [1.82, 2.24) is 21.0 Å². The highest BCUT2D eigenvalue weighted by Gasteiger charge is 2.35. The van der Waals surface area contributed by atoms with Crippen LogP contribution in [-0.2, 0) is 19.7 Å². The maximum Gasteiger partial charge on any atom is 0.294 e. The highest BCUT2D eigenvalue weighted by molar-refractivity contribution is 7.99. The molecule has 2 amide bonds. The SMILES string of the molecule is CC(C)C[C@@H](C(=O)NN(CC(C)C)N1CCSCC1)[C@H](CC=Cc1ccccc1)C(=O)NO.Cc1ccc(S(=O)(=O)O)cc1. The fraction of sp³-hybridized carbons (Fsp3) is 0.500. The van der Waals surface area contributed by atoms with Gasteiger partial charge in [-0.2, -0.15) is 25.3 Å². The minimum Gasteiger partial charge on any atom is -0.289 e. The van der Waals surface area contributed by atoms with Gasteiger partial charge in [0.25, 0.3) is 10.1 Å². The summed E-state index contributed by atoms with van der Waals surface area (Å²) in [6.45, 7) is 12.6. The first-order valence-electron chi connectivity index (χ1n) is 14.9. The average Bonchev–Trinajstić information content (AvgIpc) is 2.98. The molecule has 2 atom stereocenters. The van der Waals surface area contributed by atoms with Crippen LogP contribution in [0.5, 0.6) is 0 Å². The van der Waals surface area contributed by atoms with Gasteiger partial charge in [0.05, 0.1) is 16.7 Å². The molecule has 0 aliphatic carbocycles. The van der Waals surface area contributed by atoms with Gasteiger partial charge in [-0.3, -0.25) is 24.8 Å². The van der Waals surface area contributed by atoms with E-state index < -0.39 is 27.9 Å². The van der Waals surface area contributed by atoms with Crippen LogP contribution in [0.3, 0.4) is 0 Å². The quantitative estimate of drug-likeness (QED) is 0.133. The standard InChI is InChI=1S/C25H40N4O3S.C7H8O3S/c1-19(2)17-23(22(25(31)27-32)12-8-11-21-9-6-5-7-10-21)24(30)26-29(18-20(3)4)28-13-15-33-16-14-28;1-6-2-4-7(5-3-6)11(8,9)10/h5-11,19-20,22-23,32H,12-18H2,1-4H3,(H,26,30)(H,27,31);2-5H,1H3,(H,8,9,10)/t22-,23+;/m0./s1. The van der Waals surface area contributed by atoms with Crippen molar-refractivity contribution < 1.29 is 27.8 Å². The summed E-state index contributed by atoms with van der Waals surface area (Å²) in [5.74, 6) is 0.704. The number of amides is 2. The fourth-order valence-electron chi connectivity index (χ4n) is 4.71. The van der Waals surface area contributed by atoms with Crippen LogP contribution in [0, 0.1) is 30.6 Å². The molecule has 3 rings (SSSR count). The Kier molecular flexibility index (Phi) is 16.1. The van der Waals surface area contributed by atoms with Crippen molar-refractivity contribution in [2.45, 2.75) is 52.4 Å². The first-order valence-corrected chi connectivity index (χ1v) is 17.5. The van der Waals surface area contributed by atoms with E-state index in [2.05, 4.69) is 24.3 Å². The van der Waals surface area contributed by atoms with Gasteiger partial charge in [-0.15, -0.1) is 0 Å². The molecule has 1 aliphatic rings. The molecular formula is C32H48N4O6S2. The van der Waals surface area contributed by atoms with E-state index in [0.717, 1.165) is 35.7 Å².